The first kappa shape index (κ1) is 29.4. The zero-order chi connectivity index (χ0) is 24.0. The number of anilines is 1. The Morgan fingerprint density at radius 3 is 2.29 bits per heavy atom. The van der Waals surface area contributed by atoms with E-state index in [1.54, 1.807) is 17.9 Å². The summed E-state index contributed by atoms with van der Waals surface area (Å²) in [6.45, 7) is 17.5. The summed E-state index contributed by atoms with van der Waals surface area (Å²) in [4.78, 5) is 14.3. The molecule has 1 amide bonds. The van der Waals surface area contributed by atoms with E-state index in [1.807, 2.05) is 45.9 Å². The highest BCUT2D eigenvalue weighted by Crippen LogP contribution is 2.30. The fraction of sp³-hybridized carbons (Fsp3) is 0.522. The van der Waals surface area contributed by atoms with E-state index in [0.717, 1.165) is 15.7 Å². The number of carbonyl (C=O) groups excluding carboxylic acids is 1. The number of sulfonamides is 1. The van der Waals surface area contributed by atoms with Gasteiger partial charge in [-0.1, -0.05) is 41.9 Å². The maximum absolute atomic E-state index is 12.6. The molecule has 6 nitrogen and oxygen atoms in total. The molecule has 1 aliphatic heterocycles. The van der Waals surface area contributed by atoms with Crippen molar-refractivity contribution in [2.45, 2.75) is 53.5 Å². The van der Waals surface area contributed by atoms with Crippen LogP contribution < -0.4 is 4.90 Å². The Morgan fingerprint density at radius 2 is 1.84 bits per heavy atom. The third-order valence-electron chi connectivity index (χ3n) is 4.39. The molecule has 1 heterocycles. The molecule has 0 radical (unpaired) electrons. The van der Waals surface area contributed by atoms with Crippen LogP contribution in [0.5, 0.6) is 0 Å². The van der Waals surface area contributed by atoms with Crippen molar-refractivity contribution in [1.82, 2.24) is 4.31 Å². The molecule has 1 fully saturated rings. The van der Waals surface area contributed by atoms with E-state index in [4.69, 9.17) is 4.74 Å². The number of halogens is 1. The largest absolute Gasteiger partial charge is 0.449 e. The molecule has 0 atom stereocenters. The number of amides is 1. The molecule has 1 saturated heterocycles. The SMILES string of the molecule is C=CC.C=CCS(=O)(=O)N1CCC(N(C(=O)OCC)c2ccc(Br)cc2C)CC1.CC. The van der Waals surface area contributed by atoms with Gasteiger partial charge in [-0.15, -0.1) is 13.2 Å². The summed E-state index contributed by atoms with van der Waals surface area (Å²) < 4.78 is 32.1. The molecule has 1 aromatic carbocycles. The van der Waals surface area contributed by atoms with Crippen molar-refractivity contribution in [1.29, 1.82) is 0 Å². The van der Waals surface area contributed by atoms with Gasteiger partial charge in [-0.05, 0) is 57.4 Å². The molecule has 1 aliphatic rings. The Kier molecular flexibility index (Phi) is 14.4. The number of hydrogen-bond donors (Lipinski definition) is 0. The molecule has 8 heteroatoms. The summed E-state index contributed by atoms with van der Waals surface area (Å²) in [6, 6.07) is 5.62. The fourth-order valence-corrected chi connectivity index (χ4v) is 4.91. The predicted octanol–water partition coefficient (Wildman–Crippen LogP) is 5.92. The Balaban J connectivity index is 0.00000165. The molecule has 2 rings (SSSR count). The molecule has 0 unspecified atom stereocenters. The van der Waals surface area contributed by atoms with Gasteiger partial charge in [-0.2, -0.15) is 0 Å². The van der Waals surface area contributed by atoms with Crippen LogP contribution in [-0.4, -0.2) is 50.3 Å². The fourth-order valence-electron chi connectivity index (χ4n) is 3.16. The lowest BCUT2D eigenvalue weighted by Crippen LogP contribution is -2.49. The standard InChI is InChI=1S/C18H25BrN2O4S.C3H6.C2H6/c1-4-12-26(23,24)20-10-8-16(9-11-20)21(18(22)25-5-2)17-7-6-15(19)13-14(17)3;1-3-2;1-2/h4,6-7,13,16H,1,5,8-12H2,2-3H3;3H,1H2,2H3;1-2H3. The third kappa shape index (κ3) is 9.17. The van der Waals surface area contributed by atoms with Gasteiger partial charge in [0.2, 0.25) is 10.0 Å². The molecule has 0 bridgehead atoms. The van der Waals surface area contributed by atoms with Crippen molar-refractivity contribution in [2.75, 3.05) is 30.3 Å². The average Bonchev–Trinajstić information content (AvgIpc) is 2.72. The highest BCUT2D eigenvalue weighted by atomic mass is 79.9. The van der Waals surface area contributed by atoms with Crippen LogP contribution in [0.25, 0.3) is 0 Å². The second-order valence-corrected chi connectivity index (χ2v) is 9.53. The van der Waals surface area contributed by atoms with Crippen LogP contribution in [0.15, 0.2) is 48.0 Å². The smallest absolute Gasteiger partial charge is 0.414 e. The number of carbonyl (C=O) groups is 1. The third-order valence-corrected chi connectivity index (χ3v) is 6.70. The predicted molar refractivity (Wildman–Crippen MR) is 134 cm³/mol. The van der Waals surface area contributed by atoms with Gasteiger partial charge in [-0.25, -0.2) is 17.5 Å². The van der Waals surface area contributed by atoms with Crippen LogP contribution >= 0.6 is 15.9 Å². The molecule has 0 spiro atoms. The Labute approximate surface area is 197 Å². The zero-order valence-electron chi connectivity index (χ0n) is 19.4. The highest BCUT2D eigenvalue weighted by Gasteiger charge is 2.34. The van der Waals surface area contributed by atoms with E-state index in [2.05, 4.69) is 29.1 Å². The van der Waals surface area contributed by atoms with E-state index >= 15 is 0 Å². The van der Waals surface area contributed by atoms with Crippen molar-refractivity contribution in [3.8, 4) is 0 Å². The van der Waals surface area contributed by atoms with Crippen LogP contribution in [-0.2, 0) is 14.8 Å². The van der Waals surface area contributed by atoms with Gasteiger partial charge in [0, 0.05) is 23.6 Å². The number of hydrogen-bond acceptors (Lipinski definition) is 4. The highest BCUT2D eigenvalue weighted by molar-refractivity contribution is 9.10. The minimum atomic E-state index is -3.32. The molecule has 176 valence electrons. The Bertz CT molecular complexity index is 804. The van der Waals surface area contributed by atoms with E-state index in [-0.39, 0.29) is 18.4 Å². The first-order valence-electron chi connectivity index (χ1n) is 10.6. The van der Waals surface area contributed by atoms with Gasteiger partial charge < -0.3 is 4.74 Å². The summed E-state index contributed by atoms with van der Waals surface area (Å²) in [6.07, 6.45) is 3.87. The van der Waals surface area contributed by atoms with Gasteiger partial charge in [0.05, 0.1) is 18.0 Å². The molecular weight excluding hydrogens is 480 g/mol. The lowest BCUT2D eigenvalue weighted by molar-refractivity contribution is 0.154. The van der Waals surface area contributed by atoms with Crippen molar-refractivity contribution < 1.29 is 17.9 Å². The monoisotopic (exact) mass is 516 g/mol. The second-order valence-electron chi connectivity index (χ2n) is 6.61. The van der Waals surface area contributed by atoms with Crippen molar-refractivity contribution in [2.24, 2.45) is 0 Å². The molecule has 0 saturated carbocycles. The first-order chi connectivity index (χ1) is 14.7. The van der Waals surface area contributed by atoms with Crippen LogP contribution in [0.2, 0.25) is 0 Å². The summed E-state index contributed by atoms with van der Waals surface area (Å²) in [5, 5.41) is 0. The van der Waals surface area contributed by atoms with E-state index < -0.39 is 16.1 Å². The Morgan fingerprint density at radius 1 is 1.29 bits per heavy atom. The molecule has 0 N–H and O–H groups in total. The van der Waals surface area contributed by atoms with Gasteiger partial charge in [-0.3, -0.25) is 4.90 Å². The number of allylic oxidation sites excluding steroid dienone is 1. The maximum atomic E-state index is 12.6. The minimum absolute atomic E-state index is 0.0644. The summed E-state index contributed by atoms with van der Waals surface area (Å²) in [7, 11) is -3.32. The summed E-state index contributed by atoms with van der Waals surface area (Å²) >= 11 is 3.44. The van der Waals surface area contributed by atoms with Crippen molar-refractivity contribution in [3.05, 3.63) is 53.5 Å². The number of rotatable bonds is 6. The first-order valence-corrected chi connectivity index (χ1v) is 13.0. The van der Waals surface area contributed by atoms with Crippen LogP contribution in [0.1, 0.15) is 46.1 Å². The van der Waals surface area contributed by atoms with Crippen LogP contribution in [0.4, 0.5) is 10.5 Å². The summed E-state index contributed by atoms with van der Waals surface area (Å²) in [5.41, 5.74) is 1.74. The molecule has 1 aromatic rings. The van der Waals surface area contributed by atoms with Crippen LogP contribution in [0, 0.1) is 6.92 Å². The lowest BCUT2D eigenvalue weighted by atomic mass is 10.0. The normalized spacial score (nSPS) is 14.3. The molecule has 0 aromatic heterocycles. The number of nitrogens with zero attached hydrogens (tertiary/aromatic N) is 2. The van der Waals surface area contributed by atoms with Crippen LogP contribution in [0.3, 0.4) is 0 Å². The van der Waals surface area contributed by atoms with Crippen molar-refractivity contribution >= 4 is 37.7 Å². The topological polar surface area (TPSA) is 66.9 Å². The van der Waals surface area contributed by atoms with Crippen molar-refractivity contribution in [3.63, 3.8) is 0 Å². The quantitative estimate of drug-likeness (QED) is 0.440. The van der Waals surface area contributed by atoms with Gasteiger partial charge in [0.25, 0.3) is 0 Å². The van der Waals surface area contributed by atoms with Gasteiger partial charge in [0.1, 0.15) is 0 Å². The summed E-state index contributed by atoms with van der Waals surface area (Å²) in [5.74, 6) is -0.0644. The minimum Gasteiger partial charge on any atom is -0.449 e. The molecule has 0 aliphatic carbocycles. The second kappa shape index (κ2) is 15.2. The number of aryl methyl sites for hydroxylation is 1. The molecular formula is C23H37BrN2O4S. The Hall–Kier alpha value is -1.64. The van der Waals surface area contributed by atoms with E-state index in [9.17, 15) is 13.2 Å². The number of piperidine rings is 1. The van der Waals surface area contributed by atoms with Gasteiger partial charge in [0.15, 0.2) is 0 Å². The average molecular weight is 518 g/mol. The van der Waals surface area contributed by atoms with Gasteiger partial charge >= 0.3 is 6.09 Å². The van der Waals surface area contributed by atoms with E-state index in [0.29, 0.717) is 25.9 Å². The molecule has 31 heavy (non-hydrogen) atoms. The maximum Gasteiger partial charge on any atom is 0.414 e. The zero-order valence-corrected chi connectivity index (χ0v) is 21.8. The lowest BCUT2D eigenvalue weighted by Gasteiger charge is -2.37. The number of ether oxygens (including phenoxy) is 1. The van der Waals surface area contributed by atoms with E-state index in [1.165, 1.54) is 10.4 Å². The number of benzene rings is 1.